The molecule has 0 bridgehead atoms. The molecular formula is C21H24F2. The summed E-state index contributed by atoms with van der Waals surface area (Å²) in [4.78, 5) is 0. The van der Waals surface area contributed by atoms with Gasteiger partial charge in [-0.3, -0.25) is 0 Å². The molecule has 0 saturated heterocycles. The van der Waals surface area contributed by atoms with E-state index in [1.54, 1.807) is 0 Å². The molecule has 0 atom stereocenters. The summed E-state index contributed by atoms with van der Waals surface area (Å²) in [5.41, 5.74) is 2.91. The molecule has 1 aliphatic carbocycles. The highest BCUT2D eigenvalue weighted by Gasteiger charge is 2.21. The summed E-state index contributed by atoms with van der Waals surface area (Å²) in [5.74, 6) is 0.561. The Kier molecular flexibility index (Phi) is 4.79. The van der Waals surface area contributed by atoms with Gasteiger partial charge >= 0.3 is 0 Å². The summed E-state index contributed by atoms with van der Waals surface area (Å²) in [7, 11) is 0. The predicted molar refractivity (Wildman–Crippen MR) is 91.5 cm³/mol. The number of rotatable bonds is 3. The molecule has 1 saturated carbocycles. The van der Waals surface area contributed by atoms with Crippen LogP contribution < -0.4 is 0 Å². The lowest BCUT2D eigenvalue weighted by atomic mass is 9.77. The van der Waals surface area contributed by atoms with Gasteiger partial charge in [-0.2, -0.15) is 0 Å². The minimum Gasteiger partial charge on any atom is -0.207 e. The third-order valence-corrected chi connectivity index (χ3v) is 5.42. The van der Waals surface area contributed by atoms with Crippen LogP contribution >= 0.6 is 0 Å². The van der Waals surface area contributed by atoms with E-state index in [1.807, 2.05) is 12.1 Å². The van der Waals surface area contributed by atoms with E-state index in [0.717, 1.165) is 11.5 Å². The zero-order valence-corrected chi connectivity index (χ0v) is 13.9. The van der Waals surface area contributed by atoms with Gasteiger partial charge in [-0.15, -0.1) is 0 Å². The van der Waals surface area contributed by atoms with E-state index in [-0.39, 0.29) is 5.56 Å². The first-order valence-corrected chi connectivity index (χ1v) is 8.64. The number of halogens is 2. The first-order chi connectivity index (χ1) is 11.1. The van der Waals surface area contributed by atoms with Gasteiger partial charge in [-0.25, -0.2) is 8.78 Å². The van der Waals surface area contributed by atoms with Crippen LogP contribution in [0, 0.1) is 24.5 Å². The summed E-state index contributed by atoms with van der Waals surface area (Å²) in [6.45, 7) is 3.74. The molecule has 0 heterocycles. The minimum absolute atomic E-state index is 0.0815. The predicted octanol–water partition coefficient (Wildman–Crippen LogP) is 6.62. The summed E-state index contributed by atoms with van der Waals surface area (Å²) < 4.78 is 27.5. The second-order valence-electron chi connectivity index (χ2n) is 6.81. The van der Waals surface area contributed by atoms with Crippen LogP contribution in [-0.4, -0.2) is 0 Å². The van der Waals surface area contributed by atoms with Gasteiger partial charge in [-0.05, 0) is 73.3 Å². The van der Waals surface area contributed by atoms with Crippen molar-refractivity contribution in [2.75, 3.05) is 0 Å². The fraction of sp³-hybridized carbons (Fsp3) is 0.429. The van der Waals surface area contributed by atoms with E-state index < -0.39 is 11.6 Å². The SMILES string of the molecule is CCC1CCC(c2ccc(-c3cc(F)c(C)c(F)c3)cc2)CC1. The fourth-order valence-corrected chi connectivity index (χ4v) is 3.66. The quantitative estimate of drug-likeness (QED) is 0.597. The van der Waals surface area contributed by atoms with Gasteiger partial charge < -0.3 is 0 Å². The van der Waals surface area contributed by atoms with Crippen molar-refractivity contribution in [2.45, 2.75) is 51.9 Å². The zero-order valence-electron chi connectivity index (χ0n) is 13.9. The van der Waals surface area contributed by atoms with Crippen molar-refractivity contribution in [1.82, 2.24) is 0 Å². The summed E-state index contributed by atoms with van der Waals surface area (Å²) >= 11 is 0. The van der Waals surface area contributed by atoms with Crippen LogP contribution in [0.5, 0.6) is 0 Å². The third-order valence-electron chi connectivity index (χ3n) is 5.42. The number of hydrogen-bond donors (Lipinski definition) is 0. The Bertz CT molecular complexity index is 642. The van der Waals surface area contributed by atoms with Crippen molar-refractivity contribution in [1.29, 1.82) is 0 Å². The van der Waals surface area contributed by atoms with Crippen molar-refractivity contribution < 1.29 is 8.78 Å². The first kappa shape index (κ1) is 16.2. The summed E-state index contributed by atoms with van der Waals surface area (Å²) in [6, 6.07) is 11.1. The third kappa shape index (κ3) is 3.46. The molecule has 2 heteroatoms. The normalized spacial score (nSPS) is 21.4. The maximum atomic E-state index is 13.7. The van der Waals surface area contributed by atoms with E-state index in [0.29, 0.717) is 11.5 Å². The van der Waals surface area contributed by atoms with Crippen molar-refractivity contribution in [2.24, 2.45) is 5.92 Å². The molecule has 1 aliphatic rings. The molecule has 3 rings (SSSR count). The lowest BCUT2D eigenvalue weighted by Crippen LogP contribution is -2.12. The Morgan fingerprint density at radius 3 is 1.96 bits per heavy atom. The van der Waals surface area contributed by atoms with Gasteiger partial charge in [0, 0.05) is 5.56 Å². The second-order valence-corrected chi connectivity index (χ2v) is 6.81. The zero-order chi connectivity index (χ0) is 16.4. The average Bonchev–Trinajstić information content (AvgIpc) is 2.59. The smallest absolute Gasteiger partial charge is 0.129 e. The van der Waals surface area contributed by atoms with Gasteiger partial charge in [0.25, 0.3) is 0 Å². The monoisotopic (exact) mass is 314 g/mol. The molecule has 122 valence electrons. The summed E-state index contributed by atoms with van der Waals surface area (Å²) in [6.07, 6.45) is 6.43. The average molecular weight is 314 g/mol. The second kappa shape index (κ2) is 6.82. The van der Waals surface area contributed by atoms with E-state index in [1.165, 1.54) is 56.7 Å². The Hall–Kier alpha value is -1.70. The Balaban J connectivity index is 1.77. The maximum absolute atomic E-state index is 13.7. The first-order valence-electron chi connectivity index (χ1n) is 8.64. The highest BCUT2D eigenvalue weighted by molar-refractivity contribution is 5.64. The van der Waals surface area contributed by atoms with Crippen LogP contribution in [0.15, 0.2) is 36.4 Å². The lowest BCUT2D eigenvalue weighted by molar-refractivity contribution is 0.319. The van der Waals surface area contributed by atoms with Crippen molar-refractivity contribution >= 4 is 0 Å². The molecule has 23 heavy (non-hydrogen) atoms. The maximum Gasteiger partial charge on any atom is 0.129 e. The van der Waals surface area contributed by atoms with Crippen LogP contribution in [0.4, 0.5) is 8.78 Å². The van der Waals surface area contributed by atoms with E-state index in [2.05, 4.69) is 19.1 Å². The molecule has 0 nitrogen and oxygen atoms in total. The Morgan fingerprint density at radius 2 is 1.43 bits per heavy atom. The van der Waals surface area contributed by atoms with E-state index in [9.17, 15) is 8.78 Å². The van der Waals surface area contributed by atoms with Crippen molar-refractivity contribution in [3.63, 3.8) is 0 Å². The standard InChI is InChI=1S/C21H24F2/c1-3-15-4-6-16(7-5-15)17-8-10-18(11-9-17)19-12-20(22)14(2)21(23)13-19/h8-13,15-16H,3-7H2,1-2H3. The molecule has 0 amide bonds. The summed E-state index contributed by atoms with van der Waals surface area (Å²) in [5, 5.41) is 0. The van der Waals surface area contributed by atoms with Gasteiger partial charge in [0.05, 0.1) is 0 Å². The van der Waals surface area contributed by atoms with Crippen LogP contribution in [0.3, 0.4) is 0 Å². The van der Waals surface area contributed by atoms with Crippen LogP contribution in [0.25, 0.3) is 11.1 Å². The van der Waals surface area contributed by atoms with Gasteiger partial charge in [0.15, 0.2) is 0 Å². The van der Waals surface area contributed by atoms with Gasteiger partial charge in [-0.1, -0.05) is 37.6 Å². The van der Waals surface area contributed by atoms with Gasteiger partial charge in [0.2, 0.25) is 0 Å². The lowest BCUT2D eigenvalue weighted by Gasteiger charge is -2.28. The van der Waals surface area contributed by atoms with Gasteiger partial charge in [0.1, 0.15) is 11.6 Å². The highest BCUT2D eigenvalue weighted by Crippen LogP contribution is 2.37. The van der Waals surface area contributed by atoms with Crippen molar-refractivity contribution in [3.8, 4) is 11.1 Å². The molecule has 0 aromatic heterocycles. The van der Waals surface area contributed by atoms with Crippen LogP contribution in [-0.2, 0) is 0 Å². The molecule has 0 N–H and O–H groups in total. The fourth-order valence-electron chi connectivity index (χ4n) is 3.66. The molecule has 2 aromatic rings. The molecule has 2 aromatic carbocycles. The highest BCUT2D eigenvalue weighted by atomic mass is 19.1. The van der Waals surface area contributed by atoms with Crippen LogP contribution in [0.2, 0.25) is 0 Å². The molecule has 0 radical (unpaired) electrons. The Labute approximate surface area is 137 Å². The molecule has 0 aliphatic heterocycles. The Morgan fingerprint density at radius 1 is 0.870 bits per heavy atom. The molecule has 0 spiro atoms. The molecule has 1 fully saturated rings. The largest absolute Gasteiger partial charge is 0.207 e. The van der Waals surface area contributed by atoms with E-state index >= 15 is 0 Å². The molecule has 0 unspecified atom stereocenters. The topological polar surface area (TPSA) is 0 Å². The van der Waals surface area contributed by atoms with Crippen LogP contribution in [0.1, 0.15) is 56.1 Å². The molecular weight excluding hydrogens is 290 g/mol. The minimum atomic E-state index is -0.484. The van der Waals surface area contributed by atoms with E-state index in [4.69, 9.17) is 0 Å². The number of hydrogen-bond acceptors (Lipinski definition) is 0. The number of benzene rings is 2. The van der Waals surface area contributed by atoms with Crippen molar-refractivity contribution in [3.05, 3.63) is 59.2 Å².